The minimum atomic E-state index is 0.387. The van der Waals surface area contributed by atoms with Crippen LogP contribution in [0.3, 0.4) is 0 Å². The number of rotatable bonds is 5. The van der Waals surface area contributed by atoms with Crippen LogP contribution in [0.2, 0.25) is 0 Å². The van der Waals surface area contributed by atoms with Gasteiger partial charge in [-0.2, -0.15) is 0 Å². The molecular formula is C13H27N2O2P. The molecule has 18 heavy (non-hydrogen) atoms. The summed E-state index contributed by atoms with van der Waals surface area (Å²) in [4.78, 5) is 2.43. The van der Waals surface area contributed by atoms with Crippen LogP contribution in [-0.4, -0.2) is 68.7 Å². The Morgan fingerprint density at radius 2 is 1.83 bits per heavy atom. The molecule has 0 N–H and O–H groups in total. The predicted octanol–water partition coefficient (Wildman–Crippen LogP) is 1.23. The van der Waals surface area contributed by atoms with E-state index in [1.807, 2.05) is 0 Å². The summed E-state index contributed by atoms with van der Waals surface area (Å²) in [5.74, 6) is 0. The maximum Gasteiger partial charge on any atom is 0.0594 e. The van der Waals surface area contributed by atoms with Gasteiger partial charge in [0.15, 0.2) is 0 Å². The lowest BCUT2D eigenvalue weighted by Gasteiger charge is -2.37. The van der Waals surface area contributed by atoms with Crippen LogP contribution in [-0.2, 0) is 9.47 Å². The fourth-order valence-electron chi connectivity index (χ4n) is 2.55. The lowest BCUT2D eigenvalue weighted by molar-refractivity contribution is -0.00497. The number of piperidine rings is 1. The molecule has 0 aromatic carbocycles. The van der Waals surface area contributed by atoms with Gasteiger partial charge in [-0.3, -0.25) is 9.57 Å². The predicted molar refractivity (Wildman–Crippen MR) is 76.7 cm³/mol. The molecule has 106 valence electrons. The van der Waals surface area contributed by atoms with Gasteiger partial charge >= 0.3 is 0 Å². The summed E-state index contributed by atoms with van der Waals surface area (Å²) in [6.45, 7) is 11.4. The zero-order valence-electron chi connectivity index (χ0n) is 11.6. The first-order chi connectivity index (χ1) is 8.68. The van der Waals surface area contributed by atoms with Gasteiger partial charge in [0.05, 0.1) is 26.4 Å². The molecule has 2 fully saturated rings. The Kier molecular flexibility index (Phi) is 5.84. The average Bonchev–Trinajstić information content (AvgIpc) is 2.40. The molecule has 0 spiro atoms. The van der Waals surface area contributed by atoms with Crippen molar-refractivity contribution in [2.45, 2.75) is 19.8 Å². The molecule has 2 aliphatic heterocycles. The van der Waals surface area contributed by atoms with Gasteiger partial charge in [0.2, 0.25) is 0 Å². The van der Waals surface area contributed by atoms with Crippen LogP contribution < -0.4 is 0 Å². The van der Waals surface area contributed by atoms with Gasteiger partial charge in [-0.15, -0.1) is 0 Å². The van der Waals surface area contributed by atoms with Crippen molar-refractivity contribution in [1.82, 2.24) is 9.57 Å². The molecule has 1 atom stereocenters. The number of ether oxygens (including phenoxy) is 2. The van der Waals surface area contributed by atoms with E-state index in [1.165, 1.54) is 25.9 Å². The zero-order valence-corrected chi connectivity index (χ0v) is 12.7. The van der Waals surface area contributed by atoms with Gasteiger partial charge < -0.3 is 9.47 Å². The van der Waals surface area contributed by atoms with Gasteiger partial charge in [0.1, 0.15) is 0 Å². The van der Waals surface area contributed by atoms with E-state index in [2.05, 4.69) is 25.9 Å². The minimum Gasteiger partial charge on any atom is -0.380 e. The van der Waals surface area contributed by atoms with E-state index in [0.717, 1.165) is 46.1 Å². The summed E-state index contributed by atoms with van der Waals surface area (Å²) in [7, 11) is 2.80. The van der Waals surface area contributed by atoms with E-state index in [4.69, 9.17) is 9.47 Å². The van der Waals surface area contributed by atoms with Crippen LogP contribution in [0.1, 0.15) is 19.8 Å². The summed E-state index contributed by atoms with van der Waals surface area (Å²) in [6, 6.07) is 0. The molecule has 1 unspecified atom stereocenters. The third kappa shape index (κ3) is 4.75. The summed E-state index contributed by atoms with van der Waals surface area (Å²) in [5.41, 5.74) is 0.387. The highest BCUT2D eigenvalue weighted by Crippen LogP contribution is 2.32. The SMILES string of the molecule is CC1(COCCN2CCOCC2)CCN(P)CC1. The average molecular weight is 274 g/mol. The molecule has 0 aliphatic carbocycles. The first-order valence-corrected chi connectivity index (χ1v) is 7.57. The molecule has 2 saturated heterocycles. The first kappa shape index (κ1) is 14.7. The second-order valence-electron chi connectivity index (χ2n) is 5.85. The van der Waals surface area contributed by atoms with E-state index in [1.54, 1.807) is 0 Å². The van der Waals surface area contributed by atoms with Gasteiger partial charge in [-0.1, -0.05) is 16.3 Å². The third-order valence-electron chi connectivity index (χ3n) is 4.11. The number of hydrogen-bond acceptors (Lipinski definition) is 4. The number of hydrogen-bond donors (Lipinski definition) is 0. The normalized spacial score (nSPS) is 26.3. The second-order valence-corrected chi connectivity index (χ2v) is 6.58. The maximum atomic E-state index is 5.91. The number of nitrogens with zero attached hydrogens (tertiary/aromatic N) is 2. The molecule has 5 heteroatoms. The number of morpholine rings is 1. The Morgan fingerprint density at radius 1 is 1.17 bits per heavy atom. The van der Waals surface area contributed by atoms with Gasteiger partial charge in [0, 0.05) is 32.7 Å². The van der Waals surface area contributed by atoms with E-state index in [9.17, 15) is 0 Å². The third-order valence-corrected chi connectivity index (χ3v) is 4.63. The van der Waals surface area contributed by atoms with E-state index < -0.39 is 0 Å². The Balaban J connectivity index is 1.57. The molecule has 0 aromatic heterocycles. The largest absolute Gasteiger partial charge is 0.380 e. The quantitative estimate of drug-likeness (QED) is 0.556. The van der Waals surface area contributed by atoms with Crippen molar-refractivity contribution in [2.24, 2.45) is 5.41 Å². The summed E-state index contributed by atoms with van der Waals surface area (Å²) < 4.78 is 13.6. The zero-order chi connectivity index (χ0) is 12.8. The highest BCUT2D eigenvalue weighted by molar-refractivity contribution is 7.13. The molecule has 0 bridgehead atoms. The smallest absolute Gasteiger partial charge is 0.0594 e. The van der Waals surface area contributed by atoms with Crippen LogP contribution in [0.15, 0.2) is 0 Å². The molecule has 0 aromatic rings. The molecule has 2 aliphatic rings. The highest BCUT2D eigenvalue weighted by atomic mass is 31.0. The van der Waals surface area contributed by atoms with E-state index in [-0.39, 0.29) is 0 Å². The monoisotopic (exact) mass is 274 g/mol. The Morgan fingerprint density at radius 3 is 2.50 bits per heavy atom. The fraction of sp³-hybridized carbons (Fsp3) is 1.00. The molecule has 0 radical (unpaired) electrons. The topological polar surface area (TPSA) is 24.9 Å². The van der Waals surface area contributed by atoms with Crippen LogP contribution in [0, 0.1) is 5.41 Å². The van der Waals surface area contributed by atoms with E-state index in [0.29, 0.717) is 5.41 Å². The van der Waals surface area contributed by atoms with Crippen LogP contribution in [0.25, 0.3) is 0 Å². The van der Waals surface area contributed by atoms with Crippen LogP contribution in [0.4, 0.5) is 0 Å². The van der Waals surface area contributed by atoms with Crippen LogP contribution in [0.5, 0.6) is 0 Å². The van der Waals surface area contributed by atoms with Gasteiger partial charge in [0.25, 0.3) is 0 Å². The highest BCUT2D eigenvalue weighted by Gasteiger charge is 2.29. The summed E-state index contributed by atoms with van der Waals surface area (Å²) in [5, 5.41) is 0. The fourth-order valence-corrected chi connectivity index (χ4v) is 2.80. The van der Waals surface area contributed by atoms with Gasteiger partial charge in [-0.05, 0) is 18.3 Å². The molecule has 0 amide bonds. The van der Waals surface area contributed by atoms with E-state index >= 15 is 0 Å². The van der Waals surface area contributed by atoms with Crippen molar-refractivity contribution >= 4 is 9.39 Å². The van der Waals surface area contributed by atoms with Gasteiger partial charge in [-0.25, -0.2) is 0 Å². The maximum absolute atomic E-state index is 5.91. The van der Waals surface area contributed by atoms with Crippen molar-refractivity contribution < 1.29 is 9.47 Å². The Hall–Kier alpha value is 0.270. The second kappa shape index (κ2) is 7.16. The lowest BCUT2D eigenvalue weighted by Crippen LogP contribution is -2.40. The Bertz CT molecular complexity index is 239. The van der Waals surface area contributed by atoms with Crippen molar-refractivity contribution in [2.75, 3.05) is 59.2 Å². The molecule has 0 saturated carbocycles. The lowest BCUT2D eigenvalue weighted by atomic mass is 9.82. The molecule has 2 rings (SSSR count). The molecule has 2 heterocycles. The summed E-state index contributed by atoms with van der Waals surface area (Å²) >= 11 is 0. The standard InChI is InChI=1S/C13H27N2O2P/c1-13(2-4-15(18)5-3-13)12-17-11-8-14-6-9-16-10-7-14/h2-12,18H2,1H3. The van der Waals surface area contributed by atoms with Crippen molar-refractivity contribution in [3.05, 3.63) is 0 Å². The van der Waals surface area contributed by atoms with Crippen molar-refractivity contribution in [1.29, 1.82) is 0 Å². The summed E-state index contributed by atoms with van der Waals surface area (Å²) in [6.07, 6.45) is 2.49. The molecular weight excluding hydrogens is 247 g/mol. The minimum absolute atomic E-state index is 0.387. The van der Waals surface area contributed by atoms with Crippen molar-refractivity contribution in [3.8, 4) is 0 Å². The van der Waals surface area contributed by atoms with Crippen molar-refractivity contribution in [3.63, 3.8) is 0 Å². The Labute approximate surface area is 113 Å². The molecule has 4 nitrogen and oxygen atoms in total. The van der Waals surface area contributed by atoms with Crippen LogP contribution >= 0.6 is 9.39 Å². The first-order valence-electron chi connectivity index (χ1n) is 7.05.